The van der Waals surface area contributed by atoms with Gasteiger partial charge in [0.1, 0.15) is 0 Å². The van der Waals surface area contributed by atoms with Crippen LogP contribution in [0.5, 0.6) is 0 Å². The highest BCUT2D eigenvalue weighted by atomic mass is 15.2. The minimum Gasteiger partial charge on any atom is -0.312 e. The topological polar surface area (TPSA) is 15.3 Å². The Morgan fingerprint density at radius 2 is 1.79 bits per heavy atom. The molecule has 2 rings (SSSR count). The largest absolute Gasteiger partial charge is 0.312 e. The van der Waals surface area contributed by atoms with E-state index >= 15 is 0 Å². The highest BCUT2D eigenvalue weighted by Gasteiger charge is 2.27. The maximum Gasteiger partial charge on any atom is 0.0223 e. The van der Waals surface area contributed by atoms with Crippen LogP contribution in [0.3, 0.4) is 0 Å². The first-order valence-corrected chi connectivity index (χ1v) is 8.62. The zero-order valence-electron chi connectivity index (χ0n) is 13.3. The molecule has 0 spiro atoms. The first-order chi connectivity index (χ1) is 9.16. The van der Waals surface area contributed by atoms with Gasteiger partial charge in [-0.2, -0.15) is 0 Å². The Kier molecular flexibility index (Phi) is 6.15. The first kappa shape index (κ1) is 15.3. The third-order valence-corrected chi connectivity index (χ3v) is 5.42. The van der Waals surface area contributed by atoms with E-state index in [1.807, 2.05) is 0 Å². The SMILES string of the molecule is CC(C)C(C)CN1CCCNC(C2CCCCC2)C1. The smallest absolute Gasteiger partial charge is 0.0223 e. The lowest BCUT2D eigenvalue weighted by Gasteiger charge is -2.34. The number of rotatable bonds is 4. The summed E-state index contributed by atoms with van der Waals surface area (Å²) < 4.78 is 0. The molecule has 1 heterocycles. The van der Waals surface area contributed by atoms with Crippen LogP contribution in [0, 0.1) is 17.8 Å². The average molecular weight is 266 g/mol. The Hall–Kier alpha value is -0.0800. The minimum absolute atomic E-state index is 0.766. The van der Waals surface area contributed by atoms with Gasteiger partial charge in [0.15, 0.2) is 0 Å². The molecule has 1 N–H and O–H groups in total. The normalized spacial score (nSPS) is 29.4. The molecule has 19 heavy (non-hydrogen) atoms. The molecule has 1 aliphatic carbocycles. The third kappa shape index (κ3) is 4.75. The van der Waals surface area contributed by atoms with Crippen LogP contribution >= 0.6 is 0 Å². The minimum atomic E-state index is 0.766. The number of hydrogen-bond acceptors (Lipinski definition) is 2. The fourth-order valence-corrected chi connectivity index (χ4v) is 3.66. The second-order valence-corrected chi connectivity index (χ2v) is 7.29. The molecule has 0 amide bonds. The standard InChI is InChI=1S/C17H34N2/c1-14(2)15(3)12-19-11-7-10-18-17(13-19)16-8-5-4-6-9-16/h14-18H,4-13H2,1-3H3. The van der Waals surface area contributed by atoms with Crippen molar-refractivity contribution in [2.75, 3.05) is 26.2 Å². The lowest BCUT2D eigenvalue weighted by atomic mass is 9.83. The van der Waals surface area contributed by atoms with Gasteiger partial charge in [0.25, 0.3) is 0 Å². The Morgan fingerprint density at radius 3 is 2.47 bits per heavy atom. The number of nitrogens with zero attached hydrogens (tertiary/aromatic N) is 1. The molecule has 0 aromatic heterocycles. The second-order valence-electron chi connectivity index (χ2n) is 7.29. The van der Waals surface area contributed by atoms with Gasteiger partial charge >= 0.3 is 0 Å². The van der Waals surface area contributed by atoms with E-state index in [0.29, 0.717) is 0 Å². The van der Waals surface area contributed by atoms with E-state index in [9.17, 15) is 0 Å². The molecule has 1 aliphatic heterocycles. The maximum atomic E-state index is 3.84. The molecule has 0 aromatic rings. The van der Waals surface area contributed by atoms with Gasteiger partial charge in [0.05, 0.1) is 0 Å². The van der Waals surface area contributed by atoms with E-state index in [4.69, 9.17) is 0 Å². The summed E-state index contributed by atoms with van der Waals surface area (Å²) in [5, 5.41) is 3.84. The molecule has 1 saturated heterocycles. The summed E-state index contributed by atoms with van der Waals surface area (Å²) >= 11 is 0. The van der Waals surface area contributed by atoms with Crippen LogP contribution in [0.4, 0.5) is 0 Å². The summed E-state index contributed by atoms with van der Waals surface area (Å²) in [5.41, 5.74) is 0. The van der Waals surface area contributed by atoms with Gasteiger partial charge in [-0.1, -0.05) is 40.0 Å². The van der Waals surface area contributed by atoms with Gasteiger partial charge < -0.3 is 10.2 Å². The average Bonchev–Trinajstić information content (AvgIpc) is 2.65. The number of hydrogen-bond donors (Lipinski definition) is 1. The van der Waals surface area contributed by atoms with E-state index in [-0.39, 0.29) is 0 Å². The van der Waals surface area contributed by atoms with Crippen LogP contribution < -0.4 is 5.32 Å². The van der Waals surface area contributed by atoms with E-state index in [1.54, 1.807) is 0 Å². The quantitative estimate of drug-likeness (QED) is 0.837. The van der Waals surface area contributed by atoms with Gasteiger partial charge in [-0.05, 0) is 50.1 Å². The molecular formula is C17H34N2. The Labute approximate surface area is 120 Å². The van der Waals surface area contributed by atoms with Crippen LogP contribution in [0.25, 0.3) is 0 Å². The fraction of sp³-hybridized carbons (Fsp3) is 1.00. The molecule has 2 nitrogen and oxygen atoms in total. The van der Waals surface area contributed by atoms with Crippen LogP contribution in [-0.4, -0.2) is 37.1 Å². The number of nitrogens with one attached hydrogen (secondary N) is 1. The van der Waals surface area contributed by atoms with Crippen molar-refractivity contribution < 1.29 is 0 Å². The van der Waals surface area contributed by atoms with Crippen LogP contribution in [-0.2, 0) is 0 Å². The van der Waals surface area contributed by atoms with Crippen LogP contribution in [0.15, 0.2) is 0 Å². The lowest BCUT2D eigenvalue weighted by Crippen LogP contribution is -2.44. The van der Waals surface area contributed by atoms with Crippen molar-refractivity contribution in [3.05, 3.63) is 0 Å². The van der Waals surface area contributed by atoms with Crippen molar-refractivity contribution in [2.45, 2.75) is 65.3 Å². The molecule has 2 atom stereocenters. The van der Waals surface area contributed by atoms with E-state index in [1.165, 1.54) is 64.7 Å². The summed E-state index contributed by atoms with van der Waals surface area (Å²) in [5.74, 6) is 2.58. The summed E-state index contributed by atoms with van der Waals surface area (Å²) in [4.78, 5) is 2.74. The molecule has 0 bridgehead atoms. The first-order valence-electron chi connectivity index (χ1n) is 8.62. The van der Waals surface area contributed by atoms with Crippen molar-refractivity contribution >= 4 is 0 Å². The van der Waals surface area contributed by atoms with Crippen molar-refractivity contribution in [3.8, 4) is 0 Å². The zero-order valence-corrected chi connectivity index (χ0v) is 13.3. The van der Waals surface area contributed by atoms with Gasteiger partial charge in [-0.15, -0.1) is 0 Å². The predicted octanol–water partition coefficient (Wildman–Crippen LogP) is 3.52. The van der Waals surface area contributed by atoms with E-state index in [2.05, 4.69) is 31.0 Å². The highest BCUT2D eigenvalue weighted by molar-refractivity contribution is 4.85. The molecule has 0 aromatic carbocycles. The fourth-order valence-electron chi connectivity index (χ4n) is 3.66. The molecule has 1 saturated carbocycles. The van der Waals surface area contributed by atoms with Crippen molar-refractivity contribution in [3.63, 3.8) is 0 Å². The summed E-state index contributed by atoms with van der Waals surface area (Å²) in [6, 6.07) is 0.766. The van der Waals surface area contributed by atoms with Gasteiger partial charge in [0.2, 0.25) is 0 Å². The second kappa shape index (κ2) is 7.64. The van der Waals surface area contributed by atoms with Crippen LogP contribution in [0.2, 0.25) is 0 Å². The lowest BCUT2D eigenvalue weighted by molar-refractivity contribution is 0.176. The molecule has 112 valence electrons. The molecule has 2 unspecified atom stereocenters. The molecule has 2 aliphatic rings. The summed E-state index contributed by atoms with van der Waals surface area (Å²) in [7, 11) is 0. The third-order valence-electron chi connectivity index (χ3n) is 5.42. The van der Waals surface area contributed by atoms with Crippen molar-refractivity contribution in [2.24, 2.45) is 17.8 Å². The predicted molar refractivity (Wildman–Crippen MR) is 83.4 cm³/mol. The van der Waals surface area contributed by atoms with Gasteiger partial charge in [0, 0.05) is 19.1 Å². The summed E-state index contributed by atoms with van der Waals surface area (Å²) in [6.07, 6.45) is 8.65. The molecular weight excluding hydrogens is 232 g/mol. The summed E-state index contributed by atoms with van der Waals surface area (Å²) in [6.45, 7) is 12.3. The van der Waals surface area contributed by atoms with Gasteiger partial charge in [-0.3, -0.25) is 0 Å². The van der Waals surface area contributed by atoms with E-state index in [0.717, 1.165) is 23.8 Å². The molecule has 0 radical (unpaired) electrons. The van der Waals surface area contributed by atoms with E-state index < -0.39 is 0 Å². The Balaban J connectivity index is 1.86. The molecule has 2 fully saturated rings. The monoisotopic (exact) mass is 266 g/mol. The van der Waals surface area contributed by atoms with Crippen molar-refractivity contribution in [1.82, 2.24) is 10.2 Å². The zero-order chi connectivity index (χ0) is 13.7. The van der Waals surface area contributed by atoms with Crippen LogP contribution in [0.1, 0.15) is 59.3 Å². The van der Waals surface area contributed by atoms with Gasteiger partial charge in [-0.25, -0.2) is 0 Å². The Bertz CT molecular complexity index is 246. The highest BCUT2D eigenvalue weighted by Crippen LogP contribution is 2.28. The molecule has 2 heteroatoms. The maximum absolute atomic E-state index is 3.84. The van der Waals surface area contributed by atoms with Crippen molar-refractivity contribution in [1.29, 1.82) is 0 Å². The Morgan fingerprint density at radius 1 is 1.05 bits per heavy atom.